The van der Waals surface area contributed by atoms with Gasteiger partial charge in [0.25, 0.3) is 5.91 Å². The first-order valence-electron chi connectivity index (χ1n) is 5.35. The van der Waals surface area contributed by atoms with E-state index in [1.807, 2.05) is 19.1 Å². The standard InChI is InChI=1S/C12H11ClN4O/c1-8(9-2-4-14-5-3-9)17-12(18)10-6-16-11(13)7-15-10/h2-8H,1H3,(H,17,18). The van der Waals surface area contributed by atoms with E-state index in [2.05, 4.69) is 20.3 Å². The highest BCUT2D eigenvalue weighted by atomic mass is 35.5. The molecule has 0 spiro atoms. The van der Waals surface area contributed by atoms with E-state index < -0.39 is 0 Å². The summed E-state index contributed by atoms with van der Waals surface area (Å²) in [6.07, 6.45) is 6.05. The van der Waals surface area contributed by atoms with Crippen molar-refractivity contribution in [2.24, 2.45) is 0 Å². The zero-order chi connectivity index (χ0) is 13.0. The first-order chi connectivity index (χ1) is 8.66. The number of hydrogen-bond donors (Lipinski definition) is 1. The molecule has 0 fully saturated rings. The number of pyridine rings is 1. The molecule has 0 aliphatic carbocycles. The molecule has 2 rings (SSSR count). The summed E-state index contributed by atoms with van der Waals surface area (Å²) in [4.78, 5) is 23.5. The number of rotatable bonds is 3. The van der Waals surface area contributed by atoms with Crippen LogP contribution in [0.5, 0.6) is 0 Å². The van der Waals surface area contributed by atoms with Crippen molar-refractivity contribution in [1.82, 2.24) is 20.3 Å². The maximum absolute atomic E-state index is 11.9. The van der Waals surface area contributed by atoms with E-state index in [4.69, 9.17) is 11.6 Å². The van der Waals surface area contributed by atoms with Crippen molar-refractivity contribution in [3.63, 3.8) is 0 Å². The number of carbonyl (C=O) groups is 1. The summed E-state index contributed by atoms with van der Waals surface area (Å²) in [5, 5.41) is 3.08. The van der Waals surface area contributed by atoms with Gasteiger partial charge in [-0.05, 0) is 24.6 Å². The van der Waals surface area contributed by atoms with E-state index in [1.54, 1.807) is 12.4 Å². The third-order valence-electron chi connectivity index (χ3n) is 2.41. The van der Waals surface area contributed by atoms with E-state index in [0.29, 0.717) is 0 Å². The Bertz CT molecular complexity index is 530. The van der Waals surface area contributed by atoms with E-state index in [1.165, 1.54) is 12.4 Å². The lowest BCUT2D eigenvalue weighted by atomic mass is 10.1. The lowest BCUT2D eigenvalue weighted by Gasteiger charge is -2.13. The molecule has 0 aliphatic heterocycles. The zero-order valence-corrected chi connectivity index (χ0v) is 10.4. The van der Waals surface area contributed by atoms with Crippen molar-refractivity contribution in [2.45, 2.75) is 13.0 Å². The number of hydrogen-bond acceptors (Lipinski definition) is 4. The van der Waals surface area contributed by atoms with Crippen LogP contribution in [0.4, 0.5) is 0 Å². The summed E-state index contributed by atoms with van der Waals surface area (Å²) >= 11 is 5.61. The highest BCUT2D eigenvalue weighted by Gasteiger charge is 2.12. The minimum Gasteiger partial charge on any atom is -0.344 e. The van der Waals surface area contributed by atoms with Crippen LogP contribution in [-0.2, 0) is 0 Å². The fourth-order valence-electron chi connectivity index (χ4n) is 1.44. The maximum Gasteiger partial charge on any atom is 0.271 e. The van der Waals surface area contributed by atoms with Crippen molar-refractivity contribution in [3.8, 4) is 0 Å². The summed E-state index contributed by atoms with van der Waals surface area (Å²) in [5.74, 6) is -0.288. The van der Waals surface area contributed by atoms with Gasteiger partial charge in [-0.3, -0.25) is 9.78 Å². The van der Waals surface area contributed by atoms with Gasteiger partial charge in [-0.25, -0.2) is 9.97 Å². The molecule has 6 heteroatoms. The van der Waals surface area contributed by atoms with Crippen molar-refractivity contribution in [2.75, 3.05) is 0 Å². The molecular formula is C12H11ClN4O. The molecule has 0 aromatic carbocycles. The van der Waals surface area contributed by atoms with Crippen LogP contribution in [0.1, 0.15) is 29.0 Å². The number of amides is 1. The normalized spacial score (nSPS) is 11.9. The average Bonchev–Trinajstić information content (AvgIpc) is 2.40. The maximum atomic E-state index is 11.9. The molecule has 1 unspecified atom stereocenters. The second kappa shape index (κ2) is 5.55. The molecule has 0 radical (unpaired) electrons. The van der Waals surface area contributed by atoms with Gasteiger partial charge in [0.1, 0.15) is 10.8 Å². The van der Waals surface area contributed by atoms with Gasteiger partial charge < -0.3 is 5.32 Å². The highest BCUT2D eigenvalue weighted by Crippen LogP contribution is 2.11. The molecule has 0 saturated heterocycles. The molecule has 0 bridgehead atoms. The van der Waals surface area contributed by atoms with Gasteiger partial charge in [-0.1, -0.05) is 11.6 Å². The number of aromatic nitrogens is 3. The van der Waals surface area contributed by atoms with Gasteiger partial charge in [0, 0.05) is 12.4 Å². The third kappa shape index (κ3) is 3.01. The first-order valence-corrected chi connectivity index (χ1v) is 5.73. The Labute approximate surface area is 109 Å². The van der Waals surface area contributed by atoms with Crippen molar-refractivity contribution in [1.29, 1.82) is 0 Å². The van der Waals surface area contributed by atoms with Crippen LogP contribution in [0.15, 0.2) is 36.9 Å². The van der Waals surface area contributed by atoms with Gasteiger partial charge in [-0.2, -0.15) is 0 Å². The fraction of sp³-hybridized carbons (Fsp3) is 0.167. The molecule has 1 atom stereocenters. The predicted octanol–water partition coefficient (Wildman–Crippen LogP) is 2.02. The Morgan fingerprint density at radius 3 is 2.61 bits per heavy atom. The lowest BCUT2D eigenvalue weighted by Crippen LogP contribution is -2.27. The van der Waals surface area contributed by atoms with Gasteiger partial charge in [-0.15, -0.1) is 0 Å². The molecule has 5 nitrogen and oxygen atoms in total. The predicted molar refractivity (Wildman–Crippen MR) is 67.2 cm³/mol. The fourth-order valence-corrected chi connectivity index (χ4v) is 1.53. The Balaban J connectivity index is 2.06. The van der Waals surface area contributed by atoms with Crippen LogP contribution in [0, 0.1) is 0 Å². The quantitative estimate of drug-likeness (QED) is 0.919. The lowest BCUT2D eigenvalue weighted by molar-refractivity contribution is 0.0934. The molecule has 92 valence electrons. The van der Waals surface area contributed by atoms with Gasteiger partial charge >= 0.3 is 0 Å². The summed E-state index contributed by atoms with van der Waals surface area (Å²) < 4.78 is 0. The third-order valence-corrected chi connectivity index (χ3v) is 2.60. The van der Waals surface area contributed by atoms with Crippen molar-refractivity contribution >= 4 is 17.5 Å². The number of nitrogens with zero attached hydrogens (tertiary/aromatic N) is 3. The average molecular weight is 263 g/mol. The summed E-state index contributed by atoms with van der Waals surface area (Å²) in [6, 6.07) is 3.56. The number of halogens is 1. The second-order valence-electron chi connectivity index (χ2n) is 3.70. The smallest absolute Gasteiger partial charge is 0.271 e. The van der Waals surface area contributed by atoms with Crippen LogP contribution < -0.4 is 5.32 Å². The molecule has 2 heterocycles. The molecule has 2 aromatic heterocycles. The molecule has 2 aromatic rings. The summed E-state index contributed by atoms with van der Waals surface area (Å²) in [5.41, 5.74) is 1.21. The zero-order valence-electron chi connectivity index (χ0n) is 9.67. The van der Waals surface area contributed by atoms with Crippen LogP contribution in [0.25, 0.3) is 0 Å². The van der Waals surface area contributed by atoms with Gasteiger partial charge in [0.15, 0.2) is 0 Å². The van der Waals surface area contributed by atoms with Gasteiger partial charge in [0.05, 0.1) is 18.4 Å². The topological polar surface area (TPSA) is 67.8 Å². The Kier molecular flexibility index (Phi) is 3.84. The van der Waals surface area contributed by atoms with Crippen LogP contribution in [-0.4, -0.2) is 20.9 Å². The molecule has 1 amide bonds. The molecule has 18 heavy (non-hydrogen) atoms. The Morgan fingerprint density at radius 2 is 2.00 bits per heavy atom. The van der Waals surface area contributed by atoms with Gasteiger partial charge in [0.2, 0.25) is 0 Å². The molecule has 0 aliphatic rings. The molecule has 1 N–H and O–H groups in total. The minimum absolute atomic E-state index is 0.127. The number of carbonyl (C=O) groups excluding carboxylic acids is 1. The summed E-state index contributed by atoms with van der Waals surface area (Å²) in [7, 11) is 0. The van der Waals surface area contributed by atoms with E-state index >= 15 is 0 Å². The summed E-state index contributed by atoms with van der Waals surface area (Å²) in [6.45, 7) is 1.89. The van der Waals surface area contributed by atoms with Crippen molar-refractivity contribution in [3.05, 3.63) is 53.3 Å². The first kappa shape index (κ1) is 12.4. The highest BCUT2D eigenvalue weighted by molar-refractivity contribution is 6.29. The van der Waals surface area contributed by atoms with Crippen LogP contribution in [0.3, 0.4) is 0 Å². The van der Waals surface area contributed by atoms with E-state index in [-0.39, 0.29) is 22.8 Å². The molecular weight excluding hydrogens is 252 g/mol. The van der Waals surface area contributed by atoms with Crippen LogP contribution >= 0.6 is 11.6 Å². The Hall–Kier alpha value is -2.01. The largest absolute Gasteiger partial charge is 0.344 e. The molecule has 0 saturated carbocycles. The van der Waals surface area contributed by atoms with E-state index in [9.17, 15) is 4.79 Å². The van der Waals surface area contributed by atoms with E-state index in [0.717, 1.165) is 5.56 Å². The van der Waals surface area contributed by atoms with Crippen molar-refractivity contribution < 1.29 is 4.79 Å². The monoisotopic (exact) mass is 262 g/mol. The second-order valence-corrected chi connectivity index (χ2v) is 4.09. The Morgan fingerprint density at radius 1 is 1.28 bits per heavy atom. The van der Waals surface area contributed by atoms with Crippen LogP contribution in [0.2, 0.25) is 5.15 Å². The minimum atomic E-state index is -0.288. The SMILES string of the molecule is CC(NC(=O)c1cnc(Cl)cn1)c1ccncc1. The number of nitrogens with one attached hydrogen (secondary N) is 1.